The molecule has 1 atom stereocenters. The normalized spacial score (nSPS) is 15.7. The van der Waals surface area contributed by atoms with Crippen LogP contribution in [-0.4, -0.2) is 39.7 Å². The molecule has 1 unspecified atom stereocenters. The van der Waals surface area contributed by atoms with Crippen LogP contribution in [0.5, 0.6) is 11.5 Å². The number of hydrogen-bond donors (Lipinski definition) is 1. The highest BCUT2D eigenvalue weighted by Crippen LogP contribution is 2.46. The van der Waals surface area contributed by atoms with Gasteiger partial charge in [-0.25, -0.2) is 0 Å². The average molecular weight is 626 g/mol. The van der Waals surface area contributed by atoms with E-state index < -0.39 is 33.2 Å². The van der Waals surface area contributed by atoms with Crippen LogP contribution >= 0.6 is 0 Å². The smallest absolute Gasteiger partial charge is 0.250 e. The molecule has 0 fully saturated rings. The van der Waals surface area contributed by atoms with Gasteiger partial charge in [0.1, 0.15) is 19.7 Å². The topological polar surface area (TPSA) is 39.7 Å². The Balaban J connectivity index is 3.74. The monoisotopic (exact) mass is 625 g/mol. The molecule has 0 amide bonds. The molecule has 4 nitrogen and oxygen atoms in total. The quantitative estimate of drug-likeness (QED) is 0.263. The lowest BCUT2D eigenvalue weighted by Crippen LogP contribution is -2.54. The van der Waals surface area contributed by atoms with E-state index in [1.165, 1.54) is 5.56 Å². The first-order chi connectivity index (χ1) is 17.3. The Bertz CT molecular complexity index is 991. The molecule has 1 aromatic carbocycles. The molecule has 0 spiro atoms. The van der Waals surface area contributed by atoms with Crippen LogP contribution in [0, 0.1) is 0 Å². The summed E-state index contributed by atoms with van der Waals surface area (Å²) in [5.74, 6) is 1.76. The molecule has 0 aliphatic rings. The van der Waals surface area contributed by atoms with Gasteiger partial charge in [0.15, 0.2) is 8.32 Å². The third-order valence-electron chi connectivity index (χ3n) is 10.5. The number of hydrogen-bond acceptors (Lipinski definition) is 4. The van der Waals surface area contributed by atoms with Gasteiger partial charge < -0.3 is 18.3 Å². The maximum Gasteiger partial charge on any atom is 0.250 e. The fourth-order valence-electron chi connectivity index (χ4n) is 3.12. The fraction of sp³-hybridized carbons (Fsp3) is 0.812. The second-order valence-corrected chi connectivity index (χ2v) is 37.4. The third kappa shape index (κ3) is 9.30. The molecule has 0 aromatic heterocycles. The number of benzene rings is 1. The van der Waals surface area contributed by atoms with E-state index in [2.05, 4.69) is 159 Å². The molecule has 0 heterocycles. The van der Waals surface area contributed by atoms with Crippen LogP contribution in [0.2, 0.25) is 72.5 Å². The van der Waals surface area contributed by atoms with Gasteiger partial charge in [-0.15, -0.1) is 0 Å². The van der Waals surface area contributed by atoms with Gasteiger partial charge in [-0.2, -0.15) is 0 Å². The van der Waals surface area contributed by atoms with Gasteiger partial charge in [-0.05, 0) is 77.1 Å². The minimum Gasteiger partial charge on any atom is -0.541 e. The summed E-state index contributed by atoms with van der Waals surface area (Å²) in [6.07, 6.45) is -0.0568. The van der Waals surface area contributed by atoms with Crippen molar-refractivity contribution in [3.8, 4) is 11.5 Å². The second-order valence-electron chi connectivity index (χ2n) is 18.1. The minimum atomic E-state index is -2.11. The summed E-state index contributed by atoms with van der Waals surface area (Å²) in [4.78, 5) is 4.02. The van der Waals surface area contributed by atoms with Gasteiger partial charge in [0, 0.05) is 6.54 Å². The van der Waals surface area contributed by atoms with Crippen molar-refractivity contribution in [2.75, 3.05) is 6.54 Å². The minimum absolute atomic E-state index is 0.0568. The summed E-state index contributed by atoms with van der Waals surface area (Å²) in [7, 11) is -7.94. The number of rotatable bonds is 10. The van der Waals surface area contributed by atoms with Crippen molar-refractivity contribution >= 4 is 33.2 Å². The molecule has 1 rings (SSSR count). The van der Waals surface area contributed by atoms with Crippen molar-refractivity contribution < 1.29 is 13.3 Å². The van der Waals surface area contributed by atoms with Crippen molar-refractivity contribution in [3.05, 3.63) is 23.8 Å². The van der Waals surface area contributed by atoms with E-state index in [-0.39, 0.29) is 26.3 Å². The van der Waals surface area contributed by atoms with Gasteiger partial charge in [-0.3, -0.25) is 0 Å². The Morgan fingerprint density at radius 3 is 1.35 bits per heavy atom. The van der Waals surface area contributed by atoms with Crippen LogP contribution < -0.4 is 13.8 Å². The van der Waals surface area contributed by atoms with Crippen LogP contribution in [0.25, 0.3) is 0 Å². The maximum absolute atomic E-state index is 7.17. The van der Waals surface area contributed by atoms with Crippen molar-refractivity contribution in [1.82, 2.24) is 4.98 Å². The van der Waals surface area contributed by atoms with Gasteiger partial charge in [0.2, 0.25) is 0 Å². The molecule has 234 valence electrons. The zero-order valence-corrected chi connectivity index (χ0v) is 34.2. The second kappa shape index (κ2) is 11.9. The molecule has 1 N–H and O–H groups in total. The lowest BCUT2D eigenvalue weighted by molar-refractivity contribution is 0.185. The lowest BCUT2D eigenvalue weighted by atomic mass is 10.1. The van der Waals surface area contributed by atoms with E-state index in [1.807, 2.05) is 0 Å². The van der Waals surface area contributed by atoms with E-state index in [1.54, 1.807) is 0 Å². The van der Waals surface area contributed by atoms with E-state index in [9.17, 15) is 0 Å². The SMILES string of the molecule is CC(C)(C)[Si](C)(C)NCC(O[Si](C)(C)C(C)(C)C)c1ccc(O[Si](C)(C)C(C)(C)C)c(O[Si](C)(C)C(C)(C)C)c1. The first-order valence-corrected chi connectivity index (χ1v) is 27.0. The fourth-order valence-corrected chi connectivity index (χ4v) is 7.67. The van der Waals surface area contributed by atoms with E-state index in [0.717, 1.165) is 18.0 Å². The standard InChI is InChI=1S/C32H67NO3Si4/c1-29(2,3)37(13,14)33-24-28(36-40(19,20)32(10,11)12)25-21-22-26(34-38(15,16)30(4,5)6)27(23-25)35-39(17,18)31(7,8)9/h21-23,28,33H,24H2,1-20H3. The highest BCUT2D eigenvalue weighted by molar-refractivity contribution is 6.78. The maximum atomic E-state index is 7.17. The van der Waals surface area contributed by atoms with E-state index >= 15 is 0 Å². The van der Waals surface area contributed by atoms with Gasteiger partial charge in [-0.1, -0.05) is 102 Å². The van der Waals surface area contributed by atoms with Crippen molar-refractivity contribution in [3.63, 3.8) is 0 Å². The Morgan fingerprint density at radius 2 is 0.975 bits per heavy atom. The molecule has 1 aromatic rings. The molecular formula is C32H67NO3Si4. The van der Waals surface area contributed by atoms with Crippen molar-refractivity contribution in [1.29, 1.82) is 0 Å². The molecule has 0 aliphatic heterocycles. The van der Waals surface area contributed by atoms with Crippen LogP contribution in [0.3, 0.4) is 0 Å². The molecule has 0 aliphatic carbocycles. The average Bonchev–Trinajstić information content (AvgIpc) is 2.68. The predicted octanol–water partition coefficient (Wildman–Crippen LogP) is 11.1. The summed E-state index contributed by atoms with van der Waals surface area (Å²) in [5, 5.41) is 0.541. The van der Waals surface area contributed by atoms with Crippen molar-refractivity contribution in [2.45, 2.75) is 162 Å². The molecule has 8 heteroatoms. The van der Waals surface area contributed by atoms with Crippen molar-refractivity contribution in [2.24, 2.45) is 0 Å². The predicted molar refractivity (Wildman–Crippen MR) is 188 cm³/mol. The largest absolute Gasteiger partial charge is 0.541 e. The van der Waals surface area contributed by atoms with Crippen LogP contribution in [-0.2, 0) is 4.43 Å². The molecule has 40 heavy (non-hydrogen) atoms. The van der Waals surface area contributed by atoms with Gasteiger partial charge >= 0.3 is 0 Å². The molecule has 0 saturated heterocycles. The van der Waals surface area contributed by atoms with E-state index in [4.69, 9.17) is 13.3 Å². The Hall–Kier alpha value is -0.392. The molecule has 0 saturated carbocycles. The van der Waals surface area contributed by atoms with E-state index in [0.29, 0.717) is 0 Å². The summed E-state index contributed by atoms with van der Waals surface area (Å²) < 4.78 is 21.1. The zero-order chi connectivity index (χ0) is 32.0. The zero-order valence-electron chi connectivity index (χ0n) is 30.2. The Kier molecular flexibility index (Phi) is 11.2. The third-order valence-corrected chi connectivity index (χ3v) is 28.5. The first kappa shape index (κ1) is 37.6. The summed E-state index contributed by atoms with van der Waals surface area (Å²) >= 11 is 0. The number of nitrogens with one attached hydrogen (secondary N) is 1. The molecular weight excluding hydrogens is 559 g/mol. The summed E-state index contributed by atoms with van der Waals surface area (Å²) in [5.41, 5.74) is 1.17. The summed E-state index contributed by atoms with van der Waals surface area (Å²) in [6.45, 7) is 47.4. The highest BCUT2D eigenvalue weighted by Gasteiger charge is 2.44. The van der Waals surface area contributed by atoms with Crippen LogP contribution in [0.1, 0.15) is 94.8 Å². The van der Waals surface area contributed by atoms with Gasteiger partial charge in [0.05, 0.1) is 6.10 Å². The first-order valence-electron chi connectivity index (χ1n) is 15.3. The Labute approximate surface area is 254 Å². The van der Waals surface area contributed by atoms with Crippen LogP contribution in [0.4, 0.5) is 0 Å². The Morgan fingerprint density at radius 1 is 0.575 bits per heavy atom. The van der Waals surface area contributed by atoms with Gasteiger partial charge in [0.25, 0.3) is 16.6 Å². The highest BCUT2D eigenvalue weighted by atomic mass is 28.4. The van der Waals surface area contributed by atoms with Crippen LogP contribution in [0.15, 0.2) is 18.2 Å². The molecule has 0 radical (unpaired) electrons. The lowest BCUT2D eigenvalue weighted by Gasteiger charge is -2.43. The molecule has 0 bridgehead atoms. The summed E-state index contributed by atoms with van der Waals surface area (Å²) in [6, 6.07) is 6.63.